The van der Waals surface area contributed by atoms with E-state index in [0.29, 0.717) is 11.3 Å². The Kier molecular flexibility index (Phi) is 5.41. The molecule has 0 aliphatic carbocycles. The molecular weight excluding hydrogens is 357 g/mol. The molecule has 28 heavy (non-hydrogen) atoms. The summed E-state index contributed by atoms with van der Waals surface area (Å²) in [5.41, 5.74) is 1.18. The number of aromatic nitrogens is 2. The number of hydrogen-bond acceptors (Lipinski definition) is 5. The van der Waals surface area contributed by atoms with E-state index in [-0.39, 0.29) is 17.6 Å². The van der Waals surface area contributed by atoms with E-state index in [1.807, 2.05) is 0 Å². The molecule has 2 fully saturated rings. The highest BCUT2D eigenvalue weighted by Crippen LogP contribution is 2.26. The highest BCUT2D eigenvalue weighted by Gasteiger charge is 2.26. The number of nitrogens with one attached hydrogen (secondary N) is 1. The molecule has 0 atom stereocenters. The monoisotopic (exact) mass is 383 g/mol. The van der Waals surface area contributed by atoms with Crippen molar-refractivity contribution in [3.05, 3.63) is 42.0 Å². The van der Waals surface area contributed by atoms with Crippen LogP contribution in [0.15, 0.2) is 30.6 Å². The van der Waals surface area contributed by atoms with E-state index < -0.39 is 0 Å². The summed E-state index contributed by atoms with van der Waals surface area (Å²) in [7, 11) is 0. The summed E-state index contributed by atoms with van der Waals surface area (Å²) in [4.78, 5) is 26.0. The first-order valence-electron chi connectivity index (χ1n) is 9.99. The van der Waals surface area contributed by atoms with Crippen molar-refractivity contribution >= 4 is 23.2 Å². The minimum Gasteiger partial charge on any atom is -0.356 e. The van der Waals surface area contributed by atoms with E-state index in [9.17, 15) is 9.18 Å². The van der Waals surface area contributed by atoms with Crippen molar-refractivity contribution in [2.75, 3.05) is 41.3 Å². The number of aryl methyl sites for hydroxylation is 1. The quantitative estimate of drug-likeness (QED) is 0.877. The highest BCUT2D eigenvalue weighted by atomic mass is 19.1. The standard InChI is InChI=1S/C21H26FN5O/c1-15-12-17(4-5-18(15)22)25-21(28)16-6-10-27(11-7-16)20-13-19(23-14-24-20)26-8-2-3-9-26/h4-5,12-14,16H,2-3,6-11H2,1H3,(H,25,28). The minimum atomic E-state index is -0.260. The third-order valence-corrected chi connectivity index (χ3v) is 5.68. The van der Waals surface area contributed by atoms with Crippen LogP contribution in [0.4, 0.5) is 21.7 Å². The SMILES string of the molecule is Cc1cc(NC(=O)C2CCN(c3cc(N4CCCC4)ncn3)CC2)ccc1F. The number of nitrogens with zero attached hydrogens (tertiary/aromatic N) is 4. The summed E-state index contributed by atoms with van der Waals surface area (Å²) in [5.74, 6) is 1.64. The average Bonchev–Trinajstić information content (AvgIpc) is 3.26. The third kappa shape index (κ3) is 4.08. The Morgan fingerprint density at radius 3 is 2.32 bits per heavy atom. The Labute approximate surface area is 164 Å². The third-order valence-electron chi connectivity index (χ3n) is 5.68. The van der Waals surface area contributed by atoms with E-state index >= 15 is 0 Å². The van der Waals surface area contributed by atoms with Gasteiger partial charge in [-0.3, -0.25) is 4.79 Å². The Morgan fingerprint density at radius 1 is 1.04 bits per heavy atom. The van der Waals surface area contributed by atoms with Crippen LogP contribution < -0.4 is 15.1 Å². The first-order valence-corrected chi connectivity index (χ1v) is 9.99. The molecule has 148 valence electrons. The van der Waals surface area contributed by atoms with Gasteiger partial charge in [0.15, 0.2) is 0 Å². The molecule has 0 spiro atoms. The zero-order chi connectivity index (χ0) is 19.5. The second kappa shape index (κ2) is 8.12. The van der Waals surface area contributed by atoms with Gasteiger partial charge in [-0.1, -0.05) is 0 Å². The van der Waals surface area contributed by atoms with Gasteiger partial charge in [0.05, 0.1) is 0 Å². The lowest BCUT2D eigenvalue weighted by Gasteiger charge is -2.32. The van der Waals surface area contributed by atoms with E-state index in [1.54, 1.807) is 25.4 Å². The van der Waals surface area contributed by atoms with Crippen LogP contribution in [0.2, 0.25) is 0 Å². The fraction of sp³-hybridized carbons (Fsp3) is 0.476. The molecule has 4 rings (SSSR count). The molecule has 2 aromatic rings. The van der Waals surface area contributed by atoms with Crippen molar-refractivity contribution in [2.45, 2.75) is 32.6 Å². The van der Waals surface area contributed by atoms with Gasteiger partial charge in [0.2, 0.25) is 5.91 Å². The number of hydrogen-bond donors (Lipinski definition) is 1. The molecule has 1 aromatic carbocycles. The van der Waals surface area contributed by atoms with Crippen LogP contribution in [-0.4, -0.2) is 42.1 Å². The maximum atomic E-state index is 13.4. The number of carbonyl (C=O) groups excluding carboxylic acids is 1. The summed E-state index contributed by atoms with van der Waals surface area (Å²) in [6, 6.07) is 6.73. The first-order chi connectivity index (χ1) is 13.6. The molecule has 0 bridgehead atoms. The van der Waals surface area contributed by atoms with Gasteiger partial charge >= 0.3 is 0 Å². The van der Waals surface area contributed by atoms with Gasteiger partial charge in [0.1, 0.15) is 23.8 Å². The van der Waals surface area contributed by atoms with Crippen LogP contribution in [0.3, 0.4) is 0 Å². The van der Waals surface area contributed by atoms with Crippen molar-refractivity contribution in [2.24, 2.45) is 5.92 Å². The summed E-state index contributed by atoms with van der Waals surface area (Å²) in [6.45, 7) is 5.39. The average molecular weight is 383 g/mol. The minimum absolute atomic E-state index is 0.00565. The van der Waals surface area contributed by atoms with Crippen molar-refractivity contribution in [3.8, 4) is 0 Å². The van der Waals surface area contributed by atoms with Gasteiger partial charge in [-0.05, 0) is 56.4 Å². The number of halogens is 1. The van der Waals surface area contributed by atoms with Crippen LogP contribution >= 0.6 is 0 Å². The van der Waals surface area contributed by atoms with E-state index in [1.165, 1.54) is 18.9 Å². The molecule has 1 aromatic heterocycles. The lowest BCUT2D eigenvalue weighted by molar-refractivity contribution is -0.120. The molecule has 2 aliphatic rings. The number of benzene rings is 1. The number of rotatable bonds is 4. The Morgan fingerprint density at radius 2 is 1.68 bits per heavy atom. The number of amides is 1. The first kappa shape index (κ1) is 18.7. The molecular formula is C21H26FN5O. The lowest BCUT2D eigenvalue weighted by Crippen LogP contribution is -2.38. The molecule has 0 radical (unpaired) electrons. The lowest BCUT2D eigenvalue weighted by atomic mass is 9.95. The normalized spacial score (nSPS) is 17.8. The zero-order valence-corrected chi connectivity index (χ0v) is 16.2. The van der Waals surface area contributed by atoms with Gasteiger partial charge in [-0.15, -0.1) is 0 Å². The Hall–Kier alpha value is -2.70. The molecule has 3 heterocycles. The number of anilines is 3. The van der Waals surface area contributed by atoms with E-state index in [0.717, 1.165) is 50.7 Å². The maximum Gasteiger partial charge on any atom is 0.227 e. The van der Waals surface area contributed by atoms with Gasteiger partial charge in [-0.25, -0.2) is 14.4 Å². The van der Waals surface area contributed by atoms with Gasteiger partial charge in [0, 0.05) is 43.9 Å². The predicted molar refractivity (Wildman–Crippen MR) is 108 cm³/mol. The molecule has 7 heteroatoms. The summed E-state index contributed by atoms with van der Waals surface area (Å²) >= 11 is 0. The summed E-state index contributed by atoms with van der Waals surface area (Å²) in [5, 5.41) is 2.92. The second-order valence-corrected chi connectivity index (χ2v) is 7.64. The van der Waals surface area contributed by atoms with E-state index in [4.69, 9.17) is 0 Å². The Bertz CT molecular complexity index is 844. The van der Waals surface area contributed by atoms with Crippen molar-refractivity contribution in [1.29, 1.82) is 0 Å². The van der Waals surface area contributed by atoms with Crippen LogP contribution in [0.5, 0.6) is 0 Å². The van der Waals surface area contributed by atoms with Gasteiger partial charge < -0.3 is 15.1 Å². The number of piperidine rings is 1. The molecule has 1 amide bonds. The maximum absolute atomic E-state index is 13.4. The molecule has 0 saturated carbocycles. The molecule has 2 aliphatic heterocycles. The van der Waals surface area contributed by atoms with Crippen LogP contribution in [0.25, 0.3) is 0 Å². The number of carbonyl (C=O) groups is 1. The van der Waals surface area contributed by atoms with Crippen LogP contribution in [-0.2, 0) is 4.79 Å². The summed E-state index contributed by atoms with van der Waals surface area (Å²) in [6.07, 6.45) is 5.61. The second-order valence-electron chi connectivity index (χ2n) is 7.64. The van der Waals surface area contributed by atoms with Gasteiger partial charge in [0.25, 0.3) is 0 Å². The largest absolute Gasteiger partial charge is 0.356 e. The van der Waals surface area contributed by atoms with Crippen molar-refractivity contribution < 1.29 is 9.18 Å². The molecule has 2 saturated heterocycles. The van der Waals surface area contributed by atoms with E-state index in [2.05, 4.69) is 31.2 Å². The highest BCUT2D eigenvalue weighted by molar-refractivity contribution is 5.92. The van der Waals surface area contributed by atoms with Crippen LogP contribution in [0, 0.1) is 18.7 Å². The zero-order valence-electron chi connectivity index (χ0n) is 16.2. The fourth-order valence-corrected chi connectivity index (χ4v) is 3.97. The Balaban J connectivity index is 1.34. The topological polar surface area (TPSA) is 61.4 Å². The smallest absolute Gasteiger partial charge is 0.227 e. The van der Waals surface area contributed by atoms with Crippen molar-refractivity contribution in [3.63, 3.8) is 0 Å². The van der Waals surface area contributed by atoms with Crippen LogP contribution in [0.1, 0.15) is 31.2 Å². The van der Waals surface area contributed by atoms with Crippen molar-refractivity contribution in [1.82, 2.24) is 9.97 Å². The van der Waals surface area contributed by atoms with Gasteiger partial charge in [-0.2, -0.15) is 0 Å². The molecule has 1 N–H and O–H groups in total. The molecule has 6 nitrogen and oxygen atoms in total. The molecule has 0 unspecified atom stereocenters. The summed E-state index contributed by atoms with van der Waals surface area (Å²) < 4.78 is 13.4. The fourth-order valence-electron chi connectivity index (χ4n) is 3.97. The predicted octanol–water partition coefficient (Wildman–Crippen LogP) is 3.38.